The number of rotatable bonds is 5. The number of carbonyl (C=O) groups excluding carboxylic acids is 1. The molecule has 2 aromatic heterocycles. The van der Waals surface area contributed by atoms with Gasteiger partial charge in [-0.3, -0.25) is 9.69 Å². The normalized spacial score (nSPS) is 10.9. The molecule has 5 nitrogen and oxygen atoms in total. The van der Waals surface area contributed by atoms with E-state index in [4.69, 9.17) is 20.8 Å². The van der Waals surface area contributed by atoms with Crippen molar-refractivity contribution in [2.24, 2.45) is 0 Å². The zero-order valence-corrected chi connectivity index (χ0v) is 16.8. The summed E-state index contributed by atoms with van der Waals surface area (Å²) in [5.74, 6) is 1.33. The Morgan fingerprint density at radius 1 is 1.14 bits per heavy atom. The first kappa shape index (κ1) is 19.0. The Labute approximate surface area is 173 Å². The van der Waals surface area contributed by atoms with Crippen molar-refractivity contribution in [2.45, 2.75) is 13.5 Å². The van der Waals surface area contributed by atoms with E-state index >= 15 is 0 Å². The highest BCUT2D eigenvalue weighted by molar-refractivity contribution is 6.31. The second-order valence-corrected chi connectivity index (χ2v) is 7.06. The minimum absolute atomic E-state index is 0.260. The summed E-state index contributed by atoms with van der Waals surface area (Å²) in [6, 6.07) is 18.4. The number of hydrogen-bond donors (Lipinski definition) is 0. The van der Waals surface area contributed by atoms with E-state index in [0.717, 1.165) is 22.3 Å². The van der Waals surface area contributed by atoms with Crippen LogP contribution in [0.4, 0.5) is 5.82 Å². The van der Waals surface area contributed by atoms with Crippen LogP contribution in [0.15, 0.2) is 71.3 Å². The monoisotopic (exact) mass is 406 g/mol. The topological polar surface area (TPSA) is 55.6 Å². The molecule has 29 heavy (non-hydrogen) atoms. The van der Waals surface area contributed by atoms with Crippen molar-refractivity contribution in [2.75, 3.05) is 12.0 Å². The number of fused-ring (bicyclic) bond motifs is 1. The summed E-state index contributed by atoms with van der Waals surface area (Å²) in [6.07, 6.45) is 1.66. The van der Waals surface area contributed by atoms with Crippen molar-refractivity contribution in [1.29, 1.82) is 0 Å². The summed E-state index contributed by atoms with van der Waals surface area (Å²) >= 11 is 6.11. The molecule has 146 valence electrons. The zero-order chi connectivity index (χ0) is 20.4. The number of methoxy groups -OCH3 is 1. The lowest BCUT2D eigenvalue weighted by Gasteiger charge is -2.21. The van der Waals surface area contributed by atoms with Gasteiger partial charge >= 0.3 is 0 Å². The molecular weight excluding hydrogens is 388 g/mol. The van der Waals surface area contributed by atoms with Crippen molar-refractivity contribution in [3.63, 3.8) is 0 Å². The lowest BCUT2D eigenvalue weighted by Crippen LogP contribution is -2.31. The Hall–Kier alpha value is -3.31. The molecule has 0 aliphatic rings. The fourth-order valence-corrected chi connectivity index (χ4v) is 3.38. The van der Waals surface area contributed by atoms with Crippen LogP contribution < -0.4 is 9.64 Å². The summed E-state index contributed by atoms with van der Waals surface area (Å²) in [7, 11) is 1.62. The van der Waals surface area contributed by atoms with Gasteiger partial charge in [-0.15, -0.1) is 0 Å². The molecule has 0 atom stereocenters. The first-order valence-electron chi connectivity index (χ1n) is 9.11. The van der Waals surface area contributed by atoms with Crippen LogP contribution in [0.2, 0.25) is 5.02 Å². The van der Waals surface area contributed by atoms with Gasteiger partial charge in [0.15, 0.2) is 5.76 Å². The van der Waals surface area contributed by atoms with E-state index in [0.29, 0.717) is 23.0 Å². The van der Waals surface area contributed by atoms with E-state index in [2.05, 4.69) is 4.98 Å². The first-order chi connectivity index (χ1) is 14.1. The van der Waals surface area contributed by atoms with Gasteiger partial charge < -0.3 is 9.15 Å². The van der Waals surface area contributed by atoms with Crippen LogP contribution in [0.5, 0.6) is 5.75 Å². The van der Waals surface area contributed by atoms with E-state index in [1.807, 2.05) is 43.3 Å². The molecular formula is C23H19ClN2O3. The molecule has 2 heterocycles. The number of furan rings is 1. The molecule has 4 rings (SSSR count). The third-order valence-electron chi connectivity index (χ3n) is 4.76. The Bertz CT molecular complexity index is 1150. The molecule has 4 aromatic rings. The molecule has 2 aromatic carbocycles. The molecule has 1 amide bonds. The molecule has 0 saturated heterocycles. The van der Waals surface area contributed by atoms with Gasteiger partial charge in [0.1, 0.15) is 17.2 Å². The van der Waals surface area contributed by atoms with Gasteiger partial charge in [-0.25, -0.2) is 4.98 Å². The largest absolute Gasteiger partial charge is 0.497 e. The highest BCUT2D eigenvalue weighted by Crippen LogP contribution is 2.30. The average Bonchev–Trinajstić information content (AvgIpc) is 3.08. The predicted molar refractivity (Wildman–Crippen MR) is 114 cm³/mol. The number of amides is 1. The Kier molecular flexibility index (Phi) is 5.23. The van der Waals surface area contributed by atoms with Crippen LogP contribution in [0.1, 0.15) is 21.7 Å². The van der Waals surface area contributed by atoms with Crippen molar-refractivity contribution < 1.29 is 13.9 Å². The zero-order valence-electron chi connectivity index (χ0n) is 16.1. The maximum absolute atomic E-state index is 13.5. The third kappa shape index (κ3) is 3.82. The van der Waals surface area contributed by atoms with E-state index in [1.54, 1.807) is 42.5 Å². The summed E-state index contributed by atoms with van der Waals surface area (Å²) in [4.78, 5) is 19.5. The van der Waals surface area contributed by atoms with Crippen molar-refractivity contribution in [3.8, 4) is 5.75 Å². The smallest absolute Gasteiger partial charge is 0.295 e. The number of carbonyl (C=O) groups is 1. The van der Waals surface area contributed by atoms with Crippen LogP contribution in [0, 0.1) is 6.92 Å². The van der Waals surface area contributed by atoms with Gasteiger partial charge in [0.25, 0.3) is 5.91 Å². The van der Waals surface area contributed by atoms with E-state index in [9.17, 15) is 4.79 Å². The van der Waals surface area contributed by atoms with Crippen molar-refractivity contribution in [1.82, 2.24) is 4.98 Å². The lowest BCUT2D eigenvalue weighted by molar-refractivity contribution is 0.0959. The summed E-state index contributed by atoms with van der Waals surface area (Å²) in [5.41, 5.74) is 2.32. The summed E-state index contributed by atoms with van der Waals surface area (Å²) in [6.45, 7) is 2.20. The maximum Gasteiger partial charge on any atom is 0.295 e. The maximum atomic E-state index is 13.5. The van der Waals surface area contributed by atoms with Crippen LogP contribution in [0.25, 0.3) is 11.0 Å². The number of halogens is 1. The number of anilines is 1. The molecule has 0 unspecified atom stereocenters. The molecule has 0 fully saturated rings. The standard InChI is InChI=1S/C23H19ClN2O3/c1-15-19-13-17(24)8-11-20(19)29-22(15)23(27)26(21-5-3-4-12-25-21)14-16-6-9-18(28-2)10-7-16/h3-13H,14H2,1-2H3. The minimum Gasteiger partial charge on any atom is -0.497 e. The molecule has 6 heteroatoms. The van der Waals surface area contributed by atoms with Crippen LogP contribution >= 0.6 is 11.6 Å². The summed E-state index contributed by atoms with van der Waals surface area (Å²) in [5, 5.41) is 1.42. The number of benzene rings is 2. The van der Waals surface area contributed by atoms with Crippen molar-refractivity contribution >= 4 is 34.3 Å². The Balaban J connectivity index is 1.74. The Morgan fingerprint density at radius 2 is 1.93 bits per heavy atom. The molecule has 0 spiro atoms. The second-order valence-electron chi connectivity index (χ2n) is 6.62. The minimum atomic E-state index is -0.260. The molecule has 0 aliphatic heterocycles. The fraction of sp³-hybridized carbons (Fsp3) is 0.130. The van der Waals surface area contributed by atoms with Crippen LogP contribution in [0.3, 0.4) is 0 Å². The highest BCUT2D eigenvalue weighted by atomic mass is 35.5. The van der Waals surface area contributed by atoms with Gasteiger partial charge in [-0.05, 0) is 55.0 Å². The molecule has 0 aliphatic carbocycles. The number of ether oxygens (including phenoxy) is 1. The van der Waals surface area contributed by atoms with Gasteiger partial charge in [0.05, 0.1) is 13.7 Å². The van der Waals surface area contributed by atoms with Gasteiger partial charge in [0.2, 0.25) is 0 Å². The predicted octanol–water partition coefficient (Wildman–Crippen LogP) is 5.65. The van der Waals surface area contributed by atoms with E-state index in [1.165, 1.54) is 0 Å². The van der Waals surface area contributed by atoms with Gasteiger partial charge in [-0.2, -0.15) is 0 Å². The number of hydrogen-bond acceptors (Lipinski definition) is 4. The van der Waals surface area contributed by atoms with Crippen molar-refractivity contribution in [3.05, 3.63) is 88.8 Å². The fourth-order valence-electron chi connectivity index (χ4n) is 3.20. The second kappa shape index (κ2) is 7.97. The van der Waals surface area contributed by atoms with E-state index < -0.39 is 0 Å². The number of aryl methyl sites for hydroxylation is 1. The SMILES string of the molecule is COc1ccc(CN(C(=O)c2oc3ccc(Cl)cc3c2C)c2ccccn2)cc1. The lowest BCUT2D eigenvalue weighted by atomic mass is 10.1. The quantitative estimate of drug-likeness (QED) is 0.430. The molecule has 0 bridgehead atoms. The van der Waals surface area contributed by atoms with Crippen LogP contribution in [-0.2, 0) is 6.54 Å². The van der Waals surface area contributed by atoms with Gasteiger partial charge in [0, 0.05) is 22.2 Å². The Morgan fingerprint density at radius 3 is 2.62 bits per heavy atom. The first-order valence-corrected chi connectivity index (χ1v) is 9.49. The molecule has 0 N–H and O–H groups in total. The molecule has 0 saturated carbocycles. The van der Waals surface area contributed by atoms with Gasteiger partial charge in [-0.1, -0.05) is 29.8 Å². The van der Waals surface area contributed by atoms with Crippen LogP contribution in [-0.4, -0.2) is 18.0 Å². The third-order valence-corrected chi connectivity index (χ3v) is 5.00. The number of nitrogens with zero attached hydrogens (tertiary/aromatic N) is 2. The van der Waals surface area contributed by atoms with E-state index in [-0.39, 0.29) is 11.7 Å². The number of aromatic nitrogens is 1. The number of pyridine rings is 1. The highest BCUT2D eigenvalue weighted by Gasteiger charge is 2.25. The molecule has 0 radical (unpaired) electrons. The average molecular weight is 407 g/mol. The summed E-state index contributed by atoms with van der Waals surface area (Å²) < 4.78 is 11.1.